The standard InChI is InChI=1S/C17H18N2O5S/c1-12-7-5-6-10-15(12)25(23,24)19-14(17(21)22)11-18-16(20)13-8-3-2-4-9-13/h2-10,14,19H,11H2,1H3,(H,18,20)(H,21,22)/t14-/m1/s1. The van der Waals surface area contributed by atoms with Crippen LogP contribution in [-0.2, 0) is 14.8 Å². The maximum Gasteiger partial charge on any atom is 0.323 e. The van der Waals surface area contributed by atoms with Crippen LogP contribution in [0.5, 0.6) is 0 Å². The normalized spacial score (nSPS) is 12.4. The number of hydrogen-bond donors (Lipinski definition) is 3. The largest absolute Gasteiger partial charge is 0.480 e. The van der Waals surface area contributed by atoms with E-state index in [-0.39, 0.29) is 11.4 Å². The van der Waals surface area contributed by atoms with Gasteiger partial charge in [-0.05, 0) is 30.7 Å². The Labute approximate surface area is 145 Å². The van der Waals surface area contributed by atoms with Crippen molar-refractivity contribution in [3.63, 3.8) is 0 Å². The van der Waals surface area contributed by atoms with Gasteiger partial charge in [0.05, 0.1) is 4.90 Å². The van der Waals surface area contributed by atoms with Crippen LogP contribution in [0.25, 0.3) is 0 Å². The zero-order valence-electron chi connectivity index (χ0n) is 13.5. The highest BCUT2D eigenvalue weighted by Gasteiger charge is 2.26. The zero-order chi connectivity index (χ0) is 18.4. The van der Waals surface area contributed by atoms with Crippen molar-refractivity contribution in [2.75, 3.05) is 6.54 Å². The number of aryl methyl sites for hydroxylation is 1. The zero-order valence-corrected chi connectivity index (χ0v) is 14.3. The Morgan fingerprint density at radius 3 is 2.24 bits per heavy atom. The van der Waals surface area contributed by atoms with Crippen molar-refractivity contribution >= 4 is 21.9 Å². The van der Waals surface area contributed by atoms with Gasteiger partial charge in [0, 0.05) is 12.1 Å². The topological polar surface area (TPSA) is 113 Å². The third kappa shape index (κ3) is 4.88. The van der Waals surface area contributed by atoms with Crippen LogP contribution in [0.4, 0.5) is 0 Å². The molecule has 2 aromatic rings. The minimum Gasteiger partial charge on any atom is -0.480 e. The molecule has 0 aromatic heterocycles. The Morgan fingerprint density at radius 2 is 1.64 bits per heavy atom. The van der Waals surface area contributed by atoms with Crippen molar-refractivity contribution in [2.45, 2.75) is 17.9 Å². The van der Waals surface area contributed by atoms with Crippen molar-refractivity contribution in [1.82, 2.24) is 10.0 Å². The van der Waals surface area contributed by atoms with Crippen LogP contribution < -0.4 is 10.0 Å². The summed E-state index contributed by atoms with van der Waals surface area (Å²) < 4.78 is 26.9. The van der Waals surface area contributed by atoms with E-state index in [0.29, 0.717) is 11.1 Å². The fourth-order valence-electron chi connectivity index (χ4n) is 2.17. The van der Waals surface area contributed by atoms with Crippen LogP contribution in [-0.4, -0.2) is 38.0 Å². The predicted octanol–water partition coefficient (Wildman–Crippen LogP) is 1.16. The van der Waals surface area contributed by atoms with Crippen molar-refractivity contribution < 1.29 is 23.1 Å². The fraction of sp³-hybridized carbons (Fsp3) is 0.176. The van der Waals surface area contributed by atoms with Gasteiger partial charge in [-0.2, -0.15) is 4.72 Å². The van der Waals surface area contributed by atoms with E-state index in [2.05, 4.69) is 10.0 Å². The summed E-state index contributed by atoms with van der Waals surface area (Å²) in [5.41, 5.74) is 0.848. The molecule has 0 radical (unpaired) electrons. The molecule has 0 bridgehead atoms. The quantitative estimate of drug-likeness (QED) is 0.684. The number of benzene rings is 2. The molecule has 2 aromatic carbocycles. The summed E-state index contributed by atoms with van der Waals surface area (Å²) in [6.45, 7) is 1.23. The third-order valence-corrected chi connectivity index (χ3v) is 5.11. The molecule has 0 saturated carbocycles. The molecular weight excluding hydrogens is 344 g/mol. The average Bonchev–Trinajstić information content (AvgIpc) is 2.59. The molecular formula is C17H18N2O5S. The van der Waals surface area contributed by atoms with Crippen molar-refractivity contribution in [3.05, 3.63) is 65.7 Å². The molecule has 25 heavy (non-hydrogen) atoms. The molecule has 7 nitrogen and oxygen atoms in total. The highest BCUT2D eigenvalue weighted by Crippen LogP contribution is 2.14. The number of carbonyl (C=O) groups is 2. The summed E-state index contributed by atoms with van der Waals surface area (Å²) in [5, 5.41) is 11.7. The Kier molecular flexibility index (Phi) is 5.89. The van der Waals surface area contributed by atoms with E-state index in [1.54, 1.807) is 55.5 Å². The lowest BCUT2D eigenvalue weighted by Crippen LogP contribution is -2.48. The number of nitrogens with one attached hydrogen (secondary N) is 2. The van der Waals surface area contributed by atoms with Crippen molar-refractivity contribution in [2.24, 2.45) is 0 Å². The highest BCUT2D eigenvalue weighted by molar-refractivity contribution is 7.89. The van der Waals surface area contributed by atoms with Gasteiger partial charge in [0.1, 0.15) is 6.04 Å². The van der Waals surface area contributed by atoms with Gasteiger partial charge in [-0.1, -0.05) is 36.4 Å². The number of aliphatic carboxylic acids is 1. The molecule has 8 heteroatoms. The number of amides is 1. The first-order valence-electron chi connectivity index (χ1n) is 7.45. The molecule has 0 aliphatic carbocycles. The van der Waals surface area contributed by atoms with Crippen LogP contribution in [0, 0.1) is 6.92 Å². The van der Waals surface area contributed by atoms with E-state index in [1.807, 2.05) is 0 Å². The van der Waals surface area contributed by atoms with Crippen LogP contribution in [0.2, 0.25) is 0 Å². The maximum absolute atomic E-state index is 12.4. The first-order valence-corrected chi connectivity index (χ1v) is 8.93. The van der Waals surface area contributed by atoms with Gasteiger partial charge >= 0.3 is 5.97 Å². The van der Waals surface area contributed by atoms with Gasteiger partial charge in [0.25, 0.3) is 5.91 Å². The van der Waals surface area contributed by atoms with Gasteiger partial charge in [-0.15, -0.1) is 0 Å². The molecule has 1 amide bonds. The molecule has 3 N–H and O–H groups in total. The van der Waals surface area contributed by atoms with Crippen LogP contribution >= 0.6 is 0 Å². The molecule has 0 unspecified atom stereocenters. The summed E-state index contributed by atoms with van der Waals surface area (Å²) >= 11 is 0. The van der Waals surface area contributed by atoms with Crippen LogP contribution in [0.1, 0.15) is 15.9 Å². The van der Waals surface area contributed by atoms with E-state index < -0.39 is 27.9 Å². The summed E-state index contributed by atoms with van der Waals surface area (Å²) in [6, 6.07) is 13.0. The van der Waals surface area contributed by atoms with Crippen molar-refractivity contribution in [3.8, 4) is 0 Å². The number of carbonyl (C=O) groups excluding carboxylic acids is 1. The number of rotatable bonds is 7. The molecule has 0 aliphatic rings. The lowest BCUT2D eigenvalue weighted by molar-refractivity contribution is -0.138. The molecule has 0 saturated heterocycles. The first kappa shape index (κ1) is 18.6. The Hall–Kier alpha value is -2.71. The molecule has 0 fully saturated rings. The fourth-order valence-corrected chi connectivity index (χ4v) is 3.61. The summed E-state index contributed by atoms with van der Waals surface area (Å²) in [4.78, 5) is 23.3. The van der Waals surface area contributed by atoms with E-state index in [9.17, 15) is 23.1 Å². The van der Waals surface area contributed by atoms with E-state index in [1.165, 1.54) is 6.07 Å². The second-order valence-corrected chi connectivity index (χ2v) is 7.04. The number of carboxylic acids is 1. The number of carboxylic acid groups (broad SMARTS) is 1. The van der Waals surface area contributed by atoms with Gasteiger partial charge in [0.15, 0.2) is 0 Å². The second kappa shape index (κ2) is 7.91. The maximum atomic E-state index is 12.4. The molecule has 0 aliphatic heterocycles. The summed E-state index contributed by atoms with van der Waals surface area (Å²) in [7, 11) is -4.03. The van der Waals surface area contributed by atoms with E-state index >= 15 is 0 Å². The van der Waals surface area contributed by atoms with Gasteiger partial charge in [0.2, 0.25) is 10.0 Å². The Balaban J connectivity index is 2.10. The Morgan fingerprint density at radius 1 is 1.04 bits per heavy atom. The SMILES string of the molecule is Cc1ccccc1S(=O)(=O)N[C@H](CNC(=O)c1ccccc1)C(=O)O. The number of sulfonamides is 1. The minimum absolute atomic E-state index is 0.00404. The Bertz CT molecular complexity index is 866. The summed E-state index contributed by atoms with van der Waals surface area (Å²) in [6.07, 6.45) is 0. The van der Waals surface area contributed by atoms with Crippen LogP contribution in [0.15, 0.2) is 59.5 Å². The van der Waals surface area contributed by atoms with Gasteiger partial charge < -0.3 is 10.4 Å². The van der Waals surface area contributed by atoms with Gasteiger partial charge in [-0.25, -0.2) is 8.42 Å². The van der Waals surface area contributed by atoms with Crippen LogP contribution in [0.3, 0.4) is 0 Å². The molecule has 0 heterocycles. The second-order valence-electron chi connectivity index (χ2n) is 5.35. The smallest absolute Gasteiger partial charge is 0.323 e. The average molecular weight is 362 g/mol. The molecule has 1 atom stereocenters. The van der Waals surface area contributed by atoms with Gasteiger partial charge in [-0.3, -0.25) is 9.59 Å². The molecule has 0 spiro atoms. The molecule has 2 rings (SSSR count). The van der Waals surface area contributed by atoms with E-state index in [0.717, 1.165) is 0 Å². The predicted molar refractivity (Wildman–Crippen MR) is 91.7 cm³/mol. The summed E-state index contributed by atoms with van der Waals surface area (Å²) in [5.74, 6) is -1.87. The first-order chi connectivity index (χ1) is 11.8. The lowest BCUT2D eigenvalue weighted by atomic mass is 10.2. The number of hydrogen-bond acceptors (Lipinski definition) is 4. The van der Waals surface area contributed by atoms with E-state index in [4.69, 9.17) is 0 Å². The minimum atomic E-state index is -4.03. The highest BCUT2D eigenvalue weighted by atomic mass is 32.2. The monoisotopic (exact) mass is 362 g/mol. The molecule has 132 valence electrons. The third-order valence-electron chi connectivity index (χ3n) is 3.48. The lowest BCUT2D eigenvalue weighted by Gasteiger charge is -2.16. The van der Waals surface area contributed by atoms with Crippen molar-refractivity contribution in [1.29, 1.82) is 0 Å².